The Labute approximate surface area is 122 Å². The monoisotopic (exact) mass is 297 g/mol. The molecule has 1 aromatic rings. The third-order valence-corrected chi connectivity index (χ3v) is 3.90. The van der Waals surface area contributed by atoms with Crippen LogP contribution in [0.1, 0.15) is 29.8 Å². The molecule has 0 amide bonds. The Morgan fingerprint density at radius 1 is 1.43 bits per heavy atom. The van der Waals surface area contributed by atoms with Gasteiger partial charge >= 0.3 is 11.6 Å². The van der Waals surface area contributed by atoms with E-state index in [2.05, 4.69) is 0 Å². The number of carbonyl (C=O) groups is 1. The second-order valence-corrected chi connectivity index (χ2v) is 5.01. The van der Waals surface area contributed by atoms with Gasteiger partial charge in [-0.05, 0) is 19.3 Å². The van der Waals surface area contributed by atoms with E-state index in [0.717, 1.165) is 19.3 Å². The zero-order valence-corrected chi connectivity index (χ0v) is 12.3. The topological polar surface area (TPSA) is 89.2 Å². The predicted molar refractivity (Wildman–Crippen MR) is 75.3 cm³/mol. The Balaban J connectivity index is 2.45. The van der Waals surface area contributed by atoms with Crippen molar-refractivity contribution in [2.24, 2.45) is 0 Å². The number of rotatable bonds is 5. The summed E-state index contributed by atoms with van der Waals surface area (Å²) in [6.07, 6.45) is 2.89. The van der Waals surface area contributed by atoms with Crippen molar-refractivity contribution in [1.82, 2.24) is 0 Å². The fourth-order valence-corrected chi connectivity index (χ4v) is 2.83. The van der Waals surface area contributed by atoms with E-state index in [1.54, 1.807) is 14.2 Å². The fourth-order valence-electron chi connectivity index (χ4n) is 2.83. The van der Waals surface area contributed by atoms with Crippen LogP contribution >= 0.6 is 0 Å². The van der Waals surface area contributed by atoms with Gasteiger partial charge in [-0.15, -0.1) is 0 Å². The molecule has 7 nitrogen and oxygen atoms in total. The van der Waals surface area contributed by atoms with Crippen molar-refractivity contribution in [1.29, 1.82) is 0 Å². The average Bonchev–Trinajstić information content (AvgIpc) is 2.93. The lowest BCUT2D eigenvalue weighted by atomic mass is 10.1. The summed E-state index contributed by atoms with van der Waals surface area (Å²) in [6, 6.07) is 1.38. The minimum absolute atomic E-state index is 0.00394. The molecular formula is C14H19NO6. The number of hydrogen-bond acceptors (Lipinski definition) is 6. The molecule has 1 fully saturated rings. The molecule has 0 bridgehead atoms. The molecule has 0 aromatic carbocycles. The summed E-state index contributed by atoms with van der Waals surface area (Å²) in [5.74, 6) is -1.70. The minimum Gasteiger partial charge on any atom is -0.488 e. The molecular weight excluding hydrogens is 278 g/mol. The molecule has 1 N–H and O–H groups in total. The van der Waals surface area contributed by atoms with E-state index in [0.29, 0.717) is 5.69 Å². The van der Waals surface area contributed by atoms with Crippen LogP contribution in [0.3, 0.4) is 0 Å². The lowest BCUT2D eigenvalue weighted by Gasteiger charge is -2.31. The summed E-state index contributed by atoms with van der Waals surface area (Å²) in [4.78, 5) is 24.7. The van der Waals surface area contributed by atoms with Crippen LogP contribution in [0.5, 0.6) is 5.75 Å². The Kier molecular flexibility index (Phi) is 4.52. The van der Waals surface area contributed by atoms with Crippen molar-refractivity contribution in [3.63, 3.8) is 0 Å². The number of aromatic carboxylic acids is 1. The van der Waals surface area contributed by atoms with Crippen molar-refractivity contribution in [3.05, 3.63) is 22.2 Å². The first kappa shape index (κ1) is 15.4. The third kappa shape index (κ3) is 2.87. The number of ether oxygens (including phenoxy) is 2. The molecule has 1 heterocycles. The number of carboxylic acid groups (broad SMARTS) is 1. The summed E-state index contributed by atoms with van der Waals surface area (Å²) in [5, 5.41) is 9.03. The third-order valence-electron chi connectivity index (χ3n) is 3.90. The van der Waals surface area contributed by atoms with Gasteiger partial charge in [-0.3, -0.25) is 0 Å². The zero-order valence-electron chi connectivity index (χ0n) is 12.3. The summed E-state index contributed by atoms with van der Waals surface area (Å²) >= 11 is 0. The van der Waals surface area contributed by atoms with Crippen LogP contribution in [0, 0.1) is 0 Å². The SMILES string of the molecule is COc1c(N(C)C2CCC[C@H]2OC)cc(C(=O)O)oc1=O. The minimum atomic E-state index is -1.29. The van der Waals surface area contributed by atoms with Gasteiger partial charge in [0.1, 0.15) is 0 Å². The highest BCUT2D eigenvalue weighted by molar-refractivity contribution is 5.86. The van der Waals surface area contributed by atoms with Gasteiger partial charge in [0.05, 0.1) is 24.9 Å². The van der Waals surface area contributed by atoms with Crippen molar-refractivity contribution in [2.75, 3.05) is 26.2 Å². The van der Waals surface area contributed by atoms with Gasteiger partial charge in [-0.25, -0.2) is 9.59 Å². The van der Waals surface area contributed by atoms with Gasteiger partial charge in [-0.2, -0.15) is 0 Å². The summed E-state index contributed by atoms with van der Waals surface area (Å²) in [5.41, 5.74) is -0.397. The number of anilines is 1. The standard InChI is InChI=1S/C14H19NO6/c1-15(8-5-4-6-10(8)19-2)9-7-11(13(16)17)21-14(18)12(9)20-3/h7-8,10H,4-6H2,1-3H3,(H,16,17)/t8?,10-/m1/s1. The van der Waals surface area contributed by atoms with E-state index in [-0.39, 0.29) is 17.9 Å². The smallest absolute Gasteiger partial charge is 0.381 e. The van der Waals surface area contributed by atoms with E-state index in [1.165, 1.54) is 13.2 Å². The molecule has 7 heteroatoms. The first-order valence-corrected chi connectivity index (χ1v) is 6.70. The highest BCUT2D eigenvalue weighted by atomic mass is 16.5. The van der Waals surface area contributed by atoms with E-state index in [9.17, 15) is 9.59 Å². The maximum atomic E-state index is 11.9. The predicted octanol–water partition coefficient (Wildman–Crippen LogP) is 1.35. The Hall–Kier alpha value is -2.02. The first-order chi connectivity index (χ1) is 9.99. The van der Waals surface area contributed by atoms with Gasteiger partial charge in [0, 0.05) is 20.2 Å². The molecule has 1 unspecified atom stereocenters. The molecule has 1 aliphatic rings. The first-order valence-electron chi connectivity index (χ1n) is 6.70. The largest absolute Gasteiger partial charge is 0.488 e. The lowest BCUT2D eigenvalue weighted by Crippen LogP contribution is -2.39. The highest BCUT2D eigenvalue weighted by Gasteiger charge is 2.33. The normalized spacial score (nSPS) is 21.3. The molecule has 116 valence electrons. The number of likely N-dealkylation sites (N-methyl/N-ethyl adjacent to an activating group) is 1. The van der Waals surface area contributed by atoms with Crippen molar-refractivity contribution < 1.29 is 23.8 Å². The van der Waals surface area contributed by atoms with E-state index < -0.39 is 17.4 Å². The number of nitrogens with zero attached hydrogens (tertiary/aromatic N) is 1. The van der Waals surface area contributed by atoms with Gasteiger partial charge in [-0.1, -0.05) is 0 Å². The Morgan fingerprint density at radius 3 is 2.71 bits per heavy atom. The molecule has 21 heavy (non-hydrogen) atoms. The molecule has 0 aliphatic heterocycles. The number of carboxylic acids is 1. The maximum Gasteiger partial charge on any atom is 0.381 e. The Morgan fingerprint density at radius 2 is 2.14 bits per heavy atom. The molecule has 0 spiro atoms. The van der Waals surface area contributed by atoms with E-state index in [4.69, 9.17) is 19.0 Å². The molecule has 2 rings (SSSR count). The Bertz CT molecular complexity index is 581. The molecule has 1 aliphatic carbocycles. The second-order valence-electron chi connectivity index (χ2n) is 5.01. The average molecular weight is 297 g/mol. The lowest BCUT2D eigenvalue weighted by molar-refractivity contribution is 0.0656. The molecule has 1 saturated carbocycles. The van der Waals surface area contributed by atoms with Crippen LogP contribution in [0.25, 0.3) is 0 Å². The second kappa shape index (κ2) is 6.17. The van der Waals surface area contributed by atoms with Gasteiger partial charge in [0.15, 0.2) is 0 Å². The van der Waals surface area contributed by atoms with Crippen LogP contribution in [0.15, 0.2) is 15.3 Å². The number of hydrogen-bond donors (Lipinski definition) is 1. The molecule has 2 atom stereocenters. The maximum absolute atomic E-state index is 11.9. The summed E-state index contributed by atoms with van der Waals surface area (Å²) in [6.45, 7) is 0. The van der Waals surface area contributed by atoms with Crippen LogP contribution in [0.2, 0.25) is 0 Å². The molecule has 0 saturated heterocycles. The van der Waals surface area contributed by atoms with E-state index in [1.807, 2.05) is 4.90 Å². The van der Waals surface area contributed by atoms with Gasteiger partial charge in [0.2, 0.25) is 11.5 Å². The van der Waals surface area contributed by atoms with Crippen LogP contribution < -0.4 is 15.3 Å². The van der Waals surface area contributed by atoms with Crippen molar-refractivity contribution in [3.8, 4) is 5.75 Å². The van der Waals surface area contributed by atoms with Gasteiger partial charge < -0.3 is 23.9 Å². The van der Waals surface area contributed by atoms with Crippen molar-refractivity contribution >= 4 is 11.7 Å². The van der Waals surface area contributed by atoms with E-state index >= 15 is 0 Å². The molecule has 0 radical (unpaired) electrons. The van der Waals surface area contributed by atoms with Crippen LogP contribution in [0.4, 0.5) is 5.69 Å². The quantitative estimate of drug-likeness (QED) is 0.877. The fraction of sp³-hybridized carbons (Fsp3) is 0.571. The zero-order chi connectivity index (χ0) is 15.6. The highest BCUT2D eigenvalue weighted by Crippen LogP contribution is 2.33. The van der Waals surface area contributed by atoms with Gasteiger partial charge in [0.25, 0.3) is 0 Å². The van der Waals surface area contributed by atoms with Crippen LogP contribution in [-0.2, 0) is 4.74 Å². The number of methoxy groups -OCH3 is 2. The molecule has 1 aromatic heterocycles. The van der Waals surface area contributed by atoms with Crippen LogP contribution in [-0.4, -0.2) is 44.5 Å². The van der Waals surface area contributed by atoms with Crippen molar-refractivity contribution in [2.45, 2.75) is 31.4 Å². The summed E-state index contributed by atoms with van der Waals surface area (Å²) in [7, 11) is 4.80. The summed E-state index contributed by atoms with van der Waals surface area (Å²) < 4.78 is 15.3.